The van der Waals surface area contributed by atoms with Crippen LogP contribution in [0.15, 0.2) is 54.9 Å². The van der Waals surface area contributed by atoms with E-state index in [9.17, 15) is 0 Å². The Morgan fingerprint density at radius 3 is 2.81 bits per heavy atom. The van der Waals surface area contributed by atoms with Crippen LogP contribution in [0.1, 0.15) is 0 Å². The first kappa shape index (κ1) is 12.2. The molecule has 0 unspecified atom stereocenters. The molecule has 3 heterocycles. The molecule has 21 heavy (non-hydrogen) atoms. The van der Waals surface area contributed by atoms with Gasteiger partial charge in [-0.25, -0.2) is 4.98 Å². The van der Waals surface area contributed by atoms with Crippen LogP contribution in [0, 0.1) is 0 Å². The predicted molar refractivity (Wildman–Crippen MR) is 85.4 cm³/mol. The number of anilines is 1. The van der Waals surface area contributed by atoms with Gasteiger partial charge in [0.05, 0.1) is 10.5 Å². The Morgan fingerprint density at radius 2 is 1.90 bits per heavy atom. The number of rotatable bonds is 1. The summed E-state index contributed by atoms with van der Waals surface area (Å²) in [5.74, 6) is 0.573. The molecule has 0 fully saturated rings. The maximum Gasteiger partial charge on any atom is 0.139 e. The molecule has 0 radical (unpaired) electrons. The minimum Gasteiger partial charge on any atom is -0.383 e. The van der Waals surface area contributed by atoms with Crippen LogP contribution in [0.2, 0.25) is 5.02 Å². The molecule has 5 heteroatoms. The van der Waals surface area contributed by atoms with Crippen LogP contribution in [0.4, 0.5) is 5.82 Å². The Morgan fingerprint density at radius 1 is 1.05 bits per heavy atom. The third-order valence-electron chi connectivity index (χ3n) is 3.52. The maximum absolute atomic E-state index is 6.25. The molecule has 3 aromatic heterocycles. The Kier molecular flexibility index (Phi) is 2.59. The summed E-state index contributed by atoms with van der Waals surface area (Å²) in [4.78, 5) is 8.99. The fourth-order valence-corrected chi connectivity index (χ4v) is 2.70. The van der Waals surface area contributed by atoms with E-state index in [1.807, 2.05) is 36.4 Å². The quantitative estimate of drug-likeness (QED) is 0.581. The van der Waals surface area contributed by atoms with Crippen molar-refractivity contribution in [2.24, 2.45) is 0 Å². The lowest BCUT2D eigenvalue weighted by Crippen LogP contribution is -1.94. The first-order valence-corrected chi connectivity index (χ1v) is 6.89. The lowest BCUT2D eigenvalue weighted by molar-refractivity contribution is 1.20. The second-order valence-corrected chi connectivity index (χ2v) is 5.23. The predicted octanol–water partition coefficient (Wildman–Crippen LogP) is 3.79. The Bertz CT molecular complexity index is 969. The molecule has 0 aliphatic heterocycles. The Balaban J connectivity index is 2.07. The summed E-state index contributed by atoms with van der Waals surface area (Å²) in [7, 11) is 0. The third-order valence-corrected chi connectivity index (χ3v) is 3.75. The number of fused-ring (bicyclic) bond motifs is 2. The van der Waals surface area contributed by atoms with Crippen molar-refractivity contribution in [2.75, 3.05) is 5.73 Å². The molecule has 4 aromatic rings. The molecule has 2 N–H and O–H groups in total. The molecule has 0 amide bonds. The van der Waals surface area contributed by atoms with Gasteiger partial charge in [-0.1, -0.05) is 29.8 Å². The number of hydrogen-bond acceptors (Lipinski definition) is 3. The number of halogens is 1. The fourth-order valence-electron chi connectivity index (χ4n) is 2.54. The average molecular weight is 295 g/mol. The van der Waals surface area contributed by atoms with E-state index < -0.39 is 0 Å². The van der Waals surface area contributed by atoms with Gasteiger partial charge in [0.25, 0.3) is 0 Å². The van der Waals surface area contributed by atoms with E-state index in [-0.39, 0.29) is 0 Å². The fraction of sp³-hybridized carbons (Fsp3) is 0. The number of nitrogen functional groups attached to an aromatic ring is 1. The highest BCUT2D eigenvalue weighted by Gasteiger charge is 2.14. The van der Waals surface area contributed by atoms with Crippen molar-refractivity contribution in [1.29, 1.82) is 0 Å². The summed E-state index contributed by atoms with van der Waals surface area (Å²) in [6.07, 6.45) is 3.54. The summed E-state index contributed by atoms with van der Waals surface area (Å²) in [5.41, 5.74) is 9.66. The first-order valence-electron chi connectivity index (χ1n) is 6.51. The van der Waals surface area contributed by atoms with E-state index in [0.717, 1.165) is 27.8 Å². The van der Waals surface area contributed by atoms with E-state index in [4.69, 9.17) is 17.3 Å². The van der Waals surface area contributed by atoms with E-state index in [1.54, 1.807) is 22.9 Å². The summed E-state index contributed by atoms with van der Waals surface area (Å²) < 4.78 is 1.80. The van der Waals surface area contributed by atoms with Gasteiger partial charge in [0.1, 0.15) is 17.2 Å². The van der Waals surface area contributed by atoms with Crippen LogP contribution >= 0.6 is 11.6 Å². The van der Waals surface area contributed by atoms with Crippen molar-refractivity contribution in [3.63, 3.8) is 0 Å². The van der Waals surface area contributed by atoms with Crippen molar-refractivity contribution in [3.8, 4) is 11.3 Å². The molecule has 0 bridgehead atoms. The van der Waals surface area contributed by atoms with Gasteiger partial charge in [-0.15, -0.1) is 0 Å². The number of imidazole rings is 1. The molecule has 0 aliphatic carbocycles. The number of nitrogens with zero attached hydrogens (tertiary/aromatic N) is 3. The highest BCUT2D eigenvalue weighted by atomic mass is 35.5. The number of para-hydroxylation sites is 1. The van der Waals surface area contributed by atoms with E-state index in [0.29, 0.717) is 10.8 Å². The van der Waals surface area contributed by atoms with Crippen molar-refractivity contribution in [1.82, 2.24) is 14.4 Å². The number of nitrogens with two attached hydrogens (primary N) is 1. The minimum absolute atomic E-state index is 0.573. The molecule has 0 saturated heterocycles. The Labute approximate surface area is 125 Å². The zero-order valence-electron chi connectivity index (χ0n) is 11.0. The molecule has 1 aromatic carbocycles. The van der Waals surface area contributed by atoms with Gasteiger partial charge in [0.2, 0.25) is 0 Å². The molecule has 4 nitrogen and oxygen atoms in total. The molecule has 102 valence electrons. The lowest BCUT2D eigenvalue weighted by Gasteiger charge is -2.04. The van der Waals surface area contributed by atoms with Crippen LogP contribution in [-0.2, 0) is 0 Å². The van der Waals surface area contributed by atoms with Crippen LogP contribution < -0.4 is 5.73 Å². The highest BCUT2D eigenvalue weighted by Crippen LogP contribution is 2.31. The zero-order chi connectivity index (χ0) is 14.4. The van der Waals surface area contributed by atoms with Crippen molar-refractivity contribution in [2.45, 2.75) is 0 Å². The van der Waals surface area contributed by atoms with Gasteiger partial charge in [-0.3, -0.25) is 9.38 Å². The third kappa shape index (κ3) is 1.84. The smallest absolute Gasteiger partial charge is 0.139 e. The molecule has 4 rings (SSSR count). The van der Waals surface area contributed by atoms with Gasteiger partial charge < -0.3 is 5.73 Å². The molecule has 0 saturated carbocycles. The average Bonchev–Trinajstić information content (AvgIpc) is 2.83. The lowest BCUT2D eigenvalue weighted by atomic mass is 10.1. The summed E-state index contributed by atoms with van der Waals surface area (Å²) in [6, 6.07) is 13.5. The molecule has 0 atom stereocenters. The summed E-state index contributed by atoms with van der Waals surface area (Å²) >= 11 is 6.03. The van der Waals surface area contributed by atoms with Crippen LogP contribution in [0.25, 0.3) is 27.8 Å². The number of benzene rings is 1. The zero-order valence-corrected chi connectivity index (χ0v) is 11.7. The van der Waals surface area contributed by atoms with Gasteiger partial charge in [-0.05, 0) is 24.3 Å². The minimum atomic E-state index is 0.573. The van der Waals surface area contributed by atoms with Gasteiger partial charge in [0, 0.05) is 23.3 Å². The van der Waals surface area contributed by atoms with E-state index >= 15 is 0 Å². The first-order chi connectivity index (χ1) is 10.2. The van der Waals surface area contributed by atoms with Gasteiger partial charge >= 0.3 is 0 Å². The second kappa shape index (κ2) is 4.46. The summed E-state index contributed by atoms with van der Waals surface area (Å²) in [6.45, 7) is 0. The standard InChI is InChI=1S/C16H11ClN4/c17-10-5-6-14-20-15(16(18)21(14)9-10)12-7-8-19-13-4-2-1-3-11(12)13/h1-9H,18H2. The second-order valence-electron chi connectivity index (χ2n) is 4.80. The highest BCUT2D eigenvalue weighted by molar-refractivity contribution is 6.30. The van der Waals surface area contributed by atoms with Crippen molar-refractivity contribution >= 4 is 34.0 Å². The van der Waals surface area contributed by atoms with Crippen LogP contribution in [0.3, 0.4) is 0 Å². The Hall–Kier alpha value is -2.59. The number of hydrogen-bond donors (Lipinski definition) is 1. The molecule has 0 aliphatic rings. The maximum atomic E-state index is 6.25. The summed E-state index contributed by atoms with van der Waals surface area (Å²) in [5, 5.41) is 1.65. The van der Waals surface area contributed by atoms with Crippen molar-refractivity contribution in [3.05, 3.63) is 59.9 Å². The monoisotopic (exact) mass is 294 g/mol. The topological polar surface area (TPSA) is 56.2 Å². The van der Waals surface area contributed by atoms with Gasteiger partial charge in [-0.2, -0.15) is 0 Å². The largest absolute Gasteiger partial charge is 0.383 e. The molecular weight excluding hydrogens is 284 g/mol. The number of pyridine rings is 2. The van der Waals surface area contributed by atoms with E-state index in [2.05, 4.69) is 9.97 Å². The van der Waals surface area contributed by atoms with Gasteiger partial charge in [0.15, 0.2) is 0 Å². The normalized spacial score (nSPS) is 11.3. The van der Waals surface area contributed by atoms with Crippen LogP contribution in [0.5, 0.6) is 0 Å². The molecular formula is C16H11ClN4. The van der Waals surface area contributed by atoms with E-state index in [1.165, 1.54) is 0 Å². The SMILES string of the molecule is Nc1c(-c2ccnc3ccccc23)nc2ccc(Cl)cn12. The van der Waals surface area contributed by atoms with Crippen LogP contribution in [-0.4, -0.2) is 14.4 Å². The van der Waals surface area contributed by atoms with Crippen molar-refractivity contribution < 1.29 is 0 Å². The number of aromatic nitrogens is 3. The molecule has 0 spiro atoms.